The summed E-state index contributed by atoms with van der Waals surface area (Å²) in [6.07, 6.45) is 1.47. The highest BCUT2D eigenvalue weighted by molar-refractivity contribution is 5.88. The van der Waals surface area contributed by atoms with Gasteiger partial charge in [0.25, 0.3) is 0 Å². The Bertz CT molecular complexity index is 543. The first-order chi connectivity index (χ1) is 11.6. The molecule has 0 aromatic heterocycles. The molecule has 1 aliphatic rings. The van der Waals surface area contributed by atoms with Crippen molar-refractivity contribution in [1.29, 1.82) is 0 Å². The van der Waals surface area contributed by atoms with Gasteiger partial charge in [0.05, 0.1) is 13.2 Å². The monoisotopic (exact) mass is 332 g/mol. The van der Waals surface area contributed by atoms with E-state index >= 15 is 0 Å². The van der Waals surface area contributed by atoms with Crippen molar-refractivity contribution in [3.63, 3.8) is 0 Å². The van der Waals surface area contributed by atoms with Crippen LogP contribution in [-0.2, 0) is 14.3 Å². The van der Waals surface area contributed by atoms with Crippen molar-refractivity contribution in [2.45, 2.75) is 45.8 Å². The highest BCUT2D eigenvalue weighted by atomic mass is 16.5. The van der Waals surface area contributed by atoms with Gasteiger partial charge in [0, 0.05) is 12.5 Å². The molecule has 5 heteroatoms. The van der Waals surface area contributed by atoms with Crippen LogP contribution in [0.5, 0.6) is 0 Å². The lowest BCUT2D eigenvalue weighted by Gasteiger charge is -2.35. The van der Waals surface area contributed by atoms with Crippen molar-refractivity contribution in [2.24, 2.45) is 5.92 Å². The highest BCUT2D eigenvalue weighted by Crippen LogP contribution is 2.22. The van der Waals surface area contributed by atoms with E-state index in [1.54, 1.807) is 11.8 Å². The van der Waals surface area contributed by atoms with E-state index in [1.807, 2.05) is 44.2 Å². The molecule has 0 saturated carbocycles. The Hall–Kier alpha value is -1.88. The molecule has 1 aliphatic heterocycles. The number of nitrogens with one attached hydrogen (secondary N) is 1. The Morgan fingerprint density at radius 1 is 1.25 bits per heavy atom. The number of carbonyl (C=O) groups is 2. The van der Waals surface area contributed by atoms with E-state index in [2.05, 4.69) is 5.32 Å². The third-order valence-corrected chi connectivity index (χ3v) is 4.64. The molecule has 2 atom stereocenters. The van der Waals surface area contributed by atoms with Crippen molar-refractivity contribution in [1.82, 2.24) is 10.2 Å². The fraction of sp³-hybridized carbons (Fsp3) is 0.579. The van der Waals surface area contributed by atoms with Gasteiger partial charge in [0.2, 0.25) is 11.8 Å². The zero-order valence-electron chi connectivity index (χ0n) is 14.8. The van der Waals surface area contributed by atoms with Crippen LogP contribution < -0.4 is 5.32 Å². The molecule has 0 bridgehead atoms. The number of nitrogens with zero attached hydrogens (tertiary/aromatic N) is 1. The number of amides is 2. The van der Waals surface area contributed by atoms with Gasteiger partial charge in [-0.3, -0.25) is 9.59 Å². The van der Waals surface area contributed by atoms with Crippen LogP contribution in [0.4, 0.5) is 0 Å². The van der Waals surface area contributed by atoms with Crippen molar-refractivity contribution in [3.05, 3.63) is 35.9 Å². The van der Waals surface area contributed by atoms with E-state index in [1.165, 1.54) is 0 Å². The molecule has 1 aromatic rings. The first-order valence-corrected chi connectivity index (χ1v) is 8.82. The molecule has 2 rings (SSSR count). The molecule has 24 heavy (non-hydrogen) atoms. The summed E-state index contributed by atoms with van der Waals surface area (Å²) < 4.78 is 5.80. The number of benzene rings is 1. The molecule has 0 aliphatic carbocycles. The molecule has 1 N–H and O–H groups in total. The van der Waals surface area contributed by atoms with Gasteiger partial charge in [-0.1, -0.05) is 44.2 Å². The summed E-state index contributed by atoms with van der Waals surface area (Å²) in [5.41, 5.74) is 1.07. The van der Waals surface area contributed by atoms with Crippen molar-refractivity contribution >= 4 is 11.8 Å². The topological polar surface area (TPSA) is 58.6 Å². The van der Waals surface area contributed by atoms with Gasteiger partial charge in [0.15, 0.2) is 0 Å². The summed E-state index contributed by atoms with van der Waals surface area (Å²) in [6, 6.07) is 9.42. The molecular weight excluding hydrogens is 304 g/mol. The molecule has 5 nitrogen and oxygen atoms in total. The fourth-order valence-electron chi connectivity index (χ4n) is 3.05. The number of rotatable bonds is 6. The number of carbonyl (C=O) groups excluding carboxylic acids is 2. The van der Waals surface area contributed by atoms with Crippen LogP contribution in [0.15, 0.2) is 30.3 Å². The lowest BCUT2D eigenvalue weighted by atomic mass is 10.0. The maximum absolute atomic E-state index is 12.7. The summed E-state index contributed by atoms with van der Waals surface area (Å²) in [4.78, 5) is 26.6. The summed E-state index contributed by atoms with van der Waals surface area (Å²) in [7, 11) is 0. The van der Waals surface area contributed by atoms with Gasteiger partial charge < -0.3 is 15.0 Å². The summed E-state index contributed by atoms with van der Waals surface area (Å²) in [6.45, 7) is 7.34. The molecule has 2 amide bonds. The summed E-state index contributed by atoms with van der Waals surface area (Å²) in [5, 5.41) is 2.86. The van der Waals surface area contributed by atoms with Crippen LogP contribution in [0.25, 0.3) is 0 Å². The average molecular weight is 332 g/mol. The van der Waals surface area contributed by atoms with E-state index in [-0.39, 0.29) is 23.8 Å². The van der Waals surface area contributed by atoms with E-state index < -0.39 is 6.04 Å². The zero-order valence-corrected chi connectivity index (χ0v) is 14.8. The smallest absolute Gasteiger partial charge is 0.245 e. The minimum absolute atomic E-state index is 0.0259. The Labute approximate surface area is 144 Å². The quantitative estimate of drug-likeness (QED) is 0.871. The number of morpholine rings is 1. The number of hydrogen-bond donors (Lipinski definition) is 1. The molecule has 0 radical (unpaired) electrons. The van der Waals surface area contributed by atoms with Crippen molar-refractivity contribution in [2.75, 3.05) is 19.7 Å². The summed E-state index contributed by atoms with van der Waals surface area (Å²) >= 11 is 0. The average Bonchev–Trinajstić information content (AvgIpc) is 2.63. The van der Waals surface area contributed by atoms with Crippen LogP contribution in [-0.4, -0.2) is 42.5 Å². The van der Waals surface area contributed by atoms with Crippen LogP contribution in [0.1, 0.15) is 45.3 Å². The predicted octanol–water partition coefficient (Wildman–Crippen LogP) is 2.53. The van der Waals surface area contributed by atoms with Gasteiger partial charge in [-0.05, 0) is 25.3 Å². The van der Waals surface area contributed by atoms with Crippen LogP contribution in [0.2, 0.25) is 0 Å². The van der Waals surface area contributed by atoms with Gasteiger partial charge in [-0.15, -0.1) is 0 Å². The van der Waals surface area contributed by atoms with E-state index in [0.717, 1.165) is 18.4 Å². The molecule has 1 fully saturated rings. The second kappa shape index (κ2) is 8.83. The third-order valence-electron chi connectivity index (χ3n) is 4.64. The minimum Gasteiger partial charge on any atom is -0.370 e. The number of hydrogen-bond acceptors (Lipinski definition) is 3. The third kappa shape index (κ3) is 4.57. The molecule has 132 valence electrons. The minimum atomic E-state index is -0.507. The molecular formula is C19H28N2O3. The molecule has 1 aromatic carbocycles. The Morgan fingerprint density at radius 2 is 1.92 bits per heavy atom. The van der Waals surface area contributed by atoms with E-state index in [4.69, 9.17) is 4.74 Å². The zero-order chi connectivity index (χ0) is 17.5. The lowest BCUT2D eigenvalue weighted by Crippen LogP contribution is -2.51. The molecule has 1 heterocycles. The first-order valence-electron chi connectivity index (χ1n) is 8.82. The fourth-order valence-corrected chi connectivity index (χ4v) is 3.05. The second-order valence-electron chi connectivity index (χ2n) is 6.30. The van der Waals surface area contributed by atoms with Crippen LogP contribution >= 0.6 is 0 Å². The normalized spacial score (nSPS) is 19.2. The Kier molecular flexibility index (Phi) is 6.79. The van der Waals surface area contributed by atoms with Gasteiger partial charge in [0.1, 0.15) is 12.1 Å². The summed E-state index contributed by atoms with van der Waals surface area (Å²) in [5.74, 6) is -0.103. The number of ether oxygens (including phenoxy) is 1. The lowest BCUT2D eigenvalue weighted by molar-refractivity contribution is -0.143. The largest absolute Gasteiger partial charge is 0.370 e. The molecule has 1 saturated heterocycles. The maximum Gasteiger partial charge on any atom is 0.245 e. The van der Waals surface area contributed by atoms with Crippen molar-refractivity contribution in [3.8, 4) is 0 Å². The SMILES string of the molecule is CCC(CC)C(=O)N[C@@H](C)C(=O)N1CCOC(c2ccccc2)C1. The highest BCUT2D eigenvalue weighted by Gasteiger charge is 2.29. The van der Waals surface area contributed by atoms with Crippen molar-refractivity contribution < 1.29 is 14.3 Å². The molecule has 0 spiro atoms. The van der Waals surface area contributed by atoms with Crippen LogP contribution in [0, 0.1) is 5.92 Å². The van der Waals surface area contributed by atoms with Gasteiger partial charge in [-0.2, -0.15) is 0 Å². The first kappa shape index (κ1) is 18.5. The van der Waals surface area contributed by atoms with Gasteiger partial charge >= 0.3 is 0 Å². The van der Waals surface area contributed by atoms with Crippen LogP contribution in [0.3, 0.4) is 0 Å². The van der Waals surface area contributed by atoms with E-state index in [0.29, 0.717) is 19.7 Å². The second-order valence-corrected chi connectivity index (χ2v) is 6.30. The Morgan fingerprint density at radius 3 is 2.54 bits per heavy atom. The predicted molar refractivity (Wildman–Crippen MR) is 93.4 cm³/mol. The van der Waals surface area contributed by atoms with E-state index in [9.17, 15) is 9.59 Å². The molecule has 1 unspecified atom stereocenters. The standard InChI is InChI=1S/C19H28N2O3/c1-4-15(5-2)18(22)20-14(3)19(23)21-11-12-24-17(13-21)16-9-7-6-8-10-16/h6-10,14-15,17H,4-5,11-13H2,1-3H3,(H,20,22)/t14-,17?/m0/s1. The van der Waals surface area contributed by atoms with Gasteiger partial charge in [-0.25, -0.2) is 0 Å². The Balaban J connectivity index is 1.95. The maximum atomic E-state index is 12.7.